The molecule has 0 bridgehead atoms. The number of anilines is 1. The molecule has 1 aliphatic rings. The summed E-state index contributed by atoms with van der Waals surface area (Å²) >= 11 is 0. The molecule has 23 heavy (non-hydrogen) atoms. The molecule has 0 saturated heterocycles. The van der Waals surface area contributed by atoms with Crippen molar-refractivity contribution in [2.75, 3.05) is 18.6 Å². The largest absolute Gasteiger partial charge is 0.378 e. The lowest BCUT2D eigenvalue weighted by atomic mass is 9.63. The number of rotatable bonds is 6. The van der Waals surface area contributed by atoms with Crippen molar-refractivity contribution in [3.05, 3.63) is 33.9 Å². The van der Waals surface area contributed by atoms with E-state index in [1.807, 2.05) is 18.9 Å². The average Bonchev–Trinajstić information content (AvgIpc) is 2.49. The van der Waals surface area contributed by atoms with Crippen LogP contribution in [0.5, 0.6) is 0 Å². The van der Waals surface area contributed by atoms with Crippen LogP contribution >= 0.6 is 0 Å². The summed E-state index contributed by atoms with van der Waals surface area (Å²) in [6.45, 7) is 8.28. The fourth-order valence-electron chi connectivity index (χ4n) is 3.36. The summed E-state index contributed by atoms with van der Waals surface area (Å²) in [5, 5.41) is 11.4. The monoisotopic (exact) mass is 320 g/mol. The summed E-state index contributed by atoms with van der Waals surface area (Å²) in [7, 11) is 1.87. The maximum absolute atomic E-state index is 11.5. The minimum absolute atomic E-state index is 0.0316. The number of ketones is 1. The van der Waals surface area contributed by atoms with Crippen LogP contribution in [-0.4, -0.2) is 36.5 Å². The summed E-state index contributed by atoms with van der Waals surface area (Å²) in [4.78, 5) is 24.4. The van der Waals surface area contributed by atoms with Crippen molar-refractivity contribution in [2.24, 2.45) is 5.41 Å². The fourth-order valence-corrected chi connectivity index (χ4v) is 3.36. The highest BCUT2D eigenvalue weighted by Crippen LogP contribution is 2.47. The summed E-state index contributed by atoms with van der Waals surface area (Å²) in [5.41, 5.74) is 0.774. The lowest BCUT2D eigenvalue weighted by Crippen LogP contribution is -2.61. The smallest absolute Gasteiger partial charge is 0.293 e. The minimum atomic E-state index is -0.427. The first kappa shape index (κ1) is 17.4. The van der Waals surface area contributed by atoms with E-state index in [9.17, 15) is 14.9 Å². The molecule has 126 valence electrons. The van der Waals surface area contributed by atoms with Crippen LogP contribution in [0, 0.1) is 15.5 Å². The van der Waals surface area contributed by atoms with Crippen LogP contribution in [0.2, 0.25) is 0 Å². The molecular weight excluding hydrogens is 296 g/mol. The first-order chi connectivity index (χ1) is 10.7. The van der Waals surface area contributed by atoms with E-state index in [0.717, 1.165) is 6.42 Å². The number of nitrogens with zero attached hydrogens (tertiary/aromatic N) is 2. The molecule has 1 aromatic rings. The molecule has 2 rings (SSSR count). The van der Waals surface area contributed by atoms with Crippen molar-refractivity contribution in [1.29, 1.82) is 0 Å². The van der Waals surface area contributed by atoms with Gasteiger partial charge in [0, 0.05) is 36.7 Å². The zero-order valence-electron chi connectivity index (χ0n) is 14.3. The van der Waals surface area contributed by atoms with E-state index in [1.54, 1.807) is 12.1 Å². The van der Waals surface area contributed by atoms with Crippen molar-refractivity contribution in [3.8, 4) is 0 Å². The van der Waals surface area contributed by atoms with E-state index < -0.39 is 4.92 Å². The van der Waals surface area contributed by atoms with Crippen molar-refractivity contribution in [1.82, 2.24) is 0 Å². The molecule has 0 spiro atoms. The number of Topliss-reactive ketones (excluding diaryl/α,β-unsaturated/α-hetero) is 1. The van der Waals surface area contributed by atoms with Crippen LogP contribution in [0.15, 0.2) is 18.2 Å². The highest BCUT2D eigenvalue weighted by Gasteiger charge is 2.51. The second-order valence-corrected chi connectivity index (χ2v) is 6.64. The number of benzene rings is 1. The normalized spacial score (nSPS) is 22.3. The molecule has 0 radical (unpaired) electrons. The molecule has 1 aliphatic carbocycles. The second-order valence-electron chi connectivity index (χ2n) is 6.64. The van der Waals surface area contributed by atoms with Gasteiger partial charge in [-0.1, -0.05) is 13.8 Å². The van der Waals surface area contributed by atoms with Crippen LogP contribution in [0.25, 0.3) is 0 Å². The van der Waals surface area contributed by atoms with Gasteiger partial charge < -0.3 is 9.64 Å². The van der Waals surface area contributed by atoms with Crippen LogP contribution in [0.4, 0.5) is 11.4 Å². The molecular formula is C17H24N2O4. The van der Waals surface area contributed by atoms with Gasteiger partial charge in [0.2, 0.25) is 0 Å². The van der Waals surface area contributed by atoms with E-state index in [2.05, 4.69) is 13.8 Å². The Bertz CT molecular complexity index is 627. The van der Waals surface area contributed by atoms with Gasteiger partial charge in [0.1, 0.15) is 5.69 Å². The van der Waals surface area contributed by atoms with Crippen molar-refractivity contribution < 1.29 is 14.5 Å². The van der Waals surface area contributed by atoms with Gasteiger partial charge in [-0.15, -0.1) is 0 Å². The van der Waals surface area contributed by atoms with Gasteiger partial charge in [-0.05, 0) is 32.4 Å². The topological polar surface area (TPSA) is 72.7 Å². The number of hydrogen-bond acceptors (Lipinski definition) is 5. The lowest BCUT2D eigenvalue weighted by molar-refractivity contribution is -0.384. The Hall–Kier alpha value is -1.95. The number of carbonyl (C=O) groups is 1. The molecule has 1 aromatic carbocycles. The number of hydrogen-bond donors (Lipinski definition) is 0. The van der Waals surface area contributed by atoms with Gasteiger partial charge in [0.15, 0.2) is 5.78 Å². The zero-order chi connectivity index (χ0) is 17.4. The van der Waals surface area contributed by atoms with Crippen molar-refractivity contribution >= 4 is 17.2 Å². The summed E-state index contributed by atoms with van der Waals surface area (Å²) in [6.07, 6.45) is 0.999. The van der Waals surface area contributed by atoms with E-state index in [4.69, 9.17) is 4.74 Å². The molecule has 0 N–H and O–H groups in total. The van der Waals surface area contributed by atoms with Crippen LogP contribution < -0.4 is 4.90 Å². The molecule has 6 heteroatoms. The summed E-state index contributed by atoms with van der Waals surface area (Å²) in [6, 6.07) is 4.83. The van der Waals surface area contributed by atoms with E-state index >= 15 is 0 Å². The van der Waals surface area contributed by atoms with Gasteiger partial charge in [0.25, 0.3) is 5.69 Å². The second kappa shape index (κ2) is 6.28. The third-order valence-corrected chi connectivity index (χ3v) is 4.92. The Morgan fingerprint density at radius 3 is 2.61 bits per heavy atom. The van der Waals surface area contributed by atoms with Gasteiger partial charge in [-0.3, -0.25) is 14.9 Å². The first-order valence-corrected chi connectivity index (χ1v) is 7.84. The Balaban J connectivity index is 2.31. The molecule has 2 unspecified atom stereocenters. The predicted octanol–water partition coefficient (Wildman–Crippen LogP) is 3.44. The molecule has 1 saturated carbocycles. The number of carbonyl (C=O) groups excluding carboxylic acids is 1. The third-order valence-electron chi connectivity index (χ3n) is 4.92. The van der Waals surface area contributed by atoms with Gasteiger partial charge in [0.05, 0.1) is 11.0 Å². The Morgan fingerprint density at radius 1 is 1.48 bits per heavy atom. The quantitative estimate of drug-likeness (QED) is 0.456. The van der Waals surface area contributed by atoms with Gasteiger partial charge in [-0.2, -0.15) is 0 Å². The van der Waals surface area contributed by atoms with Crippen molar-refractivity contribution in [2.45, 2.75) is 46.3 Å². The summed E-state index contributed by atoms with van der Waals surface area (Å²) in [5.74, 6) is -0.178. The number of nitro groups is 1. The zero-order valence-corrected chi connectivity index (χ0v) is 14.3. The Kier molecular flexibility index (Phi) is 4.75. The number of nitro benzene ring substituents is 1. The average molecular weight is 320 g/mol. The maximum Gasteiger partial charge on any atom is 0.293 e. The fraction of sp³-hybridized carbons (Fsp3) is 0.588. The molecule has 1 fully saturated rings. The molecule has 0 amide bonds. The molecule has 0 aromatic heterocycles. The van der Waals surface area contributed by atoms with E-state index in [1.165, 1.54) is 13.0 Å². The SMILES string of the molecule is CCOC1CC(N(C)c2ccc(C(C)=O)cc2[N+](=O)[O-])C1(C)C. The van der Waals surface area contributed by atoms with E-state index in [-0.39, 0.29) is 29.0 Å². The molecule has 0 aliphatic heterocycles. The maximum atomic E-state index is 11.5. The van der Waals surface area contributed by atoms with Gasteiger partial charge in [-0.25, -0.2) is 0 Å². The Morgan fingerprint density at radius 2 is 2.13 bits per heavy atom. The first-order valence-electron chi connectivity index (χ1n) is 7.84. The van der Waals surface area contributed by atoms with Gasteiger partial charge >= 0.3 is 0 Å². The van der Waals surface area contributed by atoms with Crippen molar-refractivity contribution in [3.63, 3.8) is 0 Å². The minimum Gasteiger partial charge on any atom is -0.378 e. The summed E-state index contributed by atoms with van der Waals surface area (Å²) < 4.78 is 5.73. The van der Waals surface area contributed by atoms with Crippen LogP contribution in [0.1, 0.15) is 44.5 Å². The lowest BCUT2D eigenvalue weighted by Gasteiger charge is -2.55. The third kappa shape index (κ3) is 3.08. The standard InChI is InChI=1S/C17H24N2O4/c1-6-23-16-10-15(17(16,3)4)18(5)13-8-7-12(11(2)20)9-14(13)19(21)22/h7-9,15-16H,6,10H2,1-5H3. The molecule has 6 nitrogen and oxygen atoms in total. The number of ether oxygens (including phenoxy) is 1. The van der Waals surface area contributed by atoms with E-state index in [0.29, 0.717) is 17.9 Å². The highest BCUT2D eigenvalue weighted by molar-refractivity contribution is 5.95. The predicted molar refractivity (Wildman–Crippen MR) is 89.1 cm³/mol. The van der Waals surface area contributed by atoms with Crippen LogP contribution in [0.3, 0.4) is 0 Å². The Labute approximate surface area is 136 Å². The molecule has 0 heterocycles. The molecule has 2 atom stereocenters. The highest BCUT2D eigenvalue weighted by atomic mass is 16.6. The van der Waals surface area contributed by atoms with Crippen LogP contribution in [-0.2, 0) is 4.74 Å².